The summed E-state index contributed by atoms with van der Waals surface area (Å²) in [5.74, 6) is 0.682. The maximum atomic E-state index is 9.88. The van der Waals surface area contributed by atoms with Crippen molar-refractivity contribution in [2.45, 2.75) is 32.5 Å². The Morgan fingerprint density at radius 2 is 2.07 bits per heavy atom. The van der Waals surface area contributed by atoms with E-state index < -0.39 is 0 Å². The lowest BCUT2D eigenvalue weighted by Crippen LogP contribution is -2.05. The molecule has 3 nitrogen and oxygen atoms in total. The quantitative estimate of drug-likeness (QED) is 0.795. The Hall–Kier alpha value is -1.06. The van der Waals surface area contributed by atoms with E-state index in [0.717, 1.165) is 17.5 Å². The monoisotopic (exact) mass is 207 g/mol. The van der Waals surface area contributed by atoms with Crippen molar-refractivity contribution in [3.8, 4) is 5.75 Å². The van der Waals surface area contributed by atoms with Gasteiger partial charge in [-0.2, -0.15) is 0 Å². The highest BCUT2D eigenvalue weighted by molar-refractivity contribution is 5.44. The number of nitrogens with two attached hydrogens (primary N) is 1. The van der Waals surface area contributed by atoms with Crippen molar-refractivity contribution in [3.05, 3.63) is 28.8 Å². The highest BCUT2D eigenvalue weighted by Crippen LogP contribution is 2.33. The maximum Gasteiger partial charge on any atom is 0.119 e. The Morgan fingerprint density at radius 1 is 1.40 bits per heavy atom. The average Bonchev–Trinajstić information content (AvgIpc) is 2.63. The van der Waals surface area contributed by atoms with Crippen molar-refractivity contribution in [1.82, 2.24) is 0 Å². The van der Waals surface area contributed by atoms with Crippen LogP contribution in [0.3, 0.4) is 0 Å². The van der Waals surface area contributed by atoms with Gasteiger partial charge in [0.25, 0.3) is 0 Å². The summed E-state index contributed by atoms with van der Waals surface area (Å²) in [6, 6.07) is 3.88. The molecule has 0 aliphatic carbocycles. The van der Waals surface area contributed by atoms with Gasteiger partial charge in [-0.25, -0.2) is 0 Å². The van der Waals surface area contributed by atoms with E-state index in [1.165, 1.54) is 5.56 Å². The van der Waals surface area contributed by atoms with Gasteiger partial charge in [-0.3, -0.25) is 0 Å². The smallest absolute Gasteiger partial charge is 0.119 e. The fourth-order valence-corrected chi connectivity index (χ4v) is 2.04. The Bertz CT molecular complexity index is 363. The number of hydrogen-bond acceptors (Lipinski definition) is 3. The summed E-state index contributed by atoms with van der Waals surface area (Å²) < 4.78 is 5.33. The number of phenolic OH excluding ortho intramolecular Hbond substituents is 1. The molecule has 0 radical (unpaired) electrons. The Kier molecular flexibility index (Phi) is 2.93. The van der Waals surface area contributed by atoms with Crippen LogP contribution in [0.4, 0.5) is 0 Å². The molecule has 1 unspecified atom stereocenters. The van der Waals surface area contributed by atoms with E-state index in [9.17, 15) is 5.11 Å². The first-order chi connectivity index (χ1) is 7.22. The minimum absolute atomic E-state index is 0.306. The maximum absolute atomic E-state index is 9.88. The van der Waals surface area contributed by atoms with E-state index in [1.54, 1.807) is 0 Å². The molecular formula is C12H17NO2. The molecule has 0 saturated heterocycles. The van der Waals surface area contributed by atoms with Crippen LogP contribution in [-0.2, 0) is 18.0 Å². The summed E-state index contributed by atoms with van der Waals surface area (Å²) in [4.78, 5) is 0. The van der Waals surface area contributed by atoms with Gasteiger partial charge in [0.15, 0.2) is 0 Å². The molecule has 0 fully saturated rings. The van der Waals surface area contributed by atoms with Crippen LogP contribution in [0.2, 0.25) is 0 Å². The van der Waals surface area contributed by atoms with E-state index in [1.807, 2.05) is 6.07 Å². The van der Waals surface area contributed by atoms with Crippen LogP contribution in [0.25, 0.3) is 0 Å². The van der Waals surface area contributed by atoms with Gasteiger partial charge in [-0.1, -0.05) is 6.92 Å². The fourth-order valence-electron chi connectivity index (χ4n) is 2.04. The van der Waals surface area contributed by atoms with E-state index >= 15 is 0 Å². The highest BCUT2D eigenvalue weighted by atomic mass is 16.5. The molecule has 1 aromatic rings. The highest BCUT2D eigenvalue weighted by Gasteiger charge is 2.17. The number of benzene rings is 1. The minimum atomic E-state index is 0.306. The summed E-state index contributed by atoms with van der Waals surface area (Å²) in [7, 11) is 0. The fraction of sp³-hybridized carbons (Fsp3) is 0.500. The van der Waals surface area contributed by atoms with Gasteiger partial charge in [-0.15, -0.1) is 0 Å². The van der Waals surface area contributed by atoms with E-state index in [-0.39, 0.29) is 0 Å². The molecule has 82 valence electrons. The van der Waals surface area contributed by atoms with E-state index in [2.05, 4.69) is 13.0 Å². The zero-order chi connectivity index (χ0) is 10.8. The lowest BCUT2D eigenvalue weighted by atomic mass is 9.93. The molecule has 1 aliphatic heterocycles. The largest absolute Gasteiger partial charge is 0.508 e. The molecule has 0 aromatic heterocycles. The average molecular weight is 207 g/mol. The van der Waals surface area contributed by atoms with Crippen LogP contribution in [-0.4, -0.2) is 11.7 Å². The third-order valence-electron chi connectivity index (χ3n) is 2.99. The topological polar surface area (TPSA) is 55.5 Å². The number of rotatable bonds is 3. The predicted molar refractivity (Wildman–Crippen MR) is 58.7 cm³/mol. The van der Waals surface area contributed by atoms with Gasteiger partial charge in [0.2, 0.25) is 0 Å². The van der Waals surface area contributed by atoms with E-state index in [4.69, 9.17) is 10.5 Å². The number of hydrogen-bond donors (Lipinski definition) is 2. The first-order valence-corrected chi connectivity index (χ1v) is 5.35. The lowest BCUT2D eigenvalue weighted by Gasteiger charge is -2.13. The second-order valence-corrected chi connectivity index (χ2v) is 4.15. The summed E-state index contributed by atoms with van der Waals surface area (Å²) in [6.45, 7) is 4.02. The summed E-state index contributed by atoms with van der Waals surface area (Å²) in [6.07, 6.45) is 0.896. The number of fused-ring (bicyclic) bond motifs is 1. The minimum Gasteiger partial charge on any atom is -0.508 e. The summed E-state index contributed by atoms with van der Waals surface area (Å²) >= 11 is 0. The van der Waals surface area contributed by atoms with Gasteiger partial charge >= 0.3 is 0 Å². The van der Waals surface area contributed by atoms with Crippen molar-refractivity contribution in [2.75, 3.05) is 6.54 Å². The Morgan fingerprint density at radius 3 is 2.73 bits per heavy atom. The van der Waals surface area contributed by atoms with Crippen LogP contribution >= 0.6 is 0 Å². The molecule has 0 saturated carbocycles. The molecule has 0 bridgehead atoms. The van der Waals surface area contributed by atoms with Crippen LogP contribution in [0, 0.1) is 0 Å². The van der Waals surface area contributed by atoms with Gasteiger partial charge < -0.3 is 15.6 Å². The Balaban J connectivity index is 2.31. The SMILES string of the molecule is CC(CCN)c1cc2c(cc1O)COC2. The Labute approximate surface area is 89.9 Å². The molecule has 1 atom stereocenters. The normalized spacial score (nSPS) is 16.4. The molecule has 1 aromatic carbocycles. The van der Waals surface area contributed by atoms with Crippen LogP contribution in [0.1, 0.15) is 36.0 Å². The van der Waals surface area contributed by atoms with Crippen LogP contribution in [0.15, 0.2) is 12.1 Å². The first kappa shape index (κ1) is 10.5. The molecule has 3 heteroatoms. The van der Waals surface area contributed by atoms with Gasteiger partial charge in [-0.05, 0) is 47.7 Å². The molecular weight excluding hydrogens is 190 g/mol. The summed E-state index contributed by atoms with van der Waals surface area (Å²) in [5.41, 5.74) is 8.82. The van der Waals surface area contributed by atoms with Crippen LogP contribution in [0.5, 0.6) is 5.75 Å². The molecule has 0 amide bonds. The first-order valence-electron chi connectivity index (χ1n) is 5.35. The molecule has 1 heterocycles. The summed E-state index contributed by atoms with van der Waals surface area (Å²) in [5, 5.41) is 9.88. The zero-order valence-corrected chi connectivity index (χ0v) is 8.99. The van der Waals surface area contributed by atoms with Crippen molar-refractivity contribution in [2.24, 2.45) is 5.73 Å². The third kappa shape index (κ3) is 1.98. The zero-order valence-electron chi connectivity index (χ0n) is 8.99. The van der Waals surface area contributed by atoms with Gasteiger partial charge in [0.1, 0.15) is 5.75 Å². The predicted octanol–water partition coefficient (Wildman–Crippen LogP) is 1.87. The molecule has 15 heavy (non-hydrogen) atoms. The standard InChI is InChI=1S/C12H17NO2/c1-8(2-3-13)11-4-9-6-15-7-10(9)5-12(11)14/h4-5,8,14H,2-3,6-7,13H2,1H3. The number of phenols is 1. The second kappa shape index (κ2) is 4.21. The van der Waals surface area contributed by atoms with Crippen molar-refractivity contribution in [1.29, 1.82) is 0 Å². The van der Waals surface area contributed by atoms with Crippen molar-refractivity contribution in [3.63, 3.8) is 0 Å². The van der Waals surface area contributed by atoms with Crippen molar-refractivity contribution >= 4 is 0 Å². The lowest BCUT2D eigenvalue weighted by molar-refractivity contribution is 0.134. The molecule has 2 rings (SSSR count). The third-order valence-corrected chi connectivity index (χ3v) is 2.99. The van der Waals surface area contributed by atoms with Crippen molar-refractivity contribution < 1.29 is 9.84 Å². The molecule has 0 spiro atoms. The van der Waals surface area contributed by atoms with E-state index in [0.29, 0.717) is 31.4 Å². The number of aromatic hydroxyl groups is 1. The molecule has 1 aliphatic rings. The number of ether oxygens (including phenoxy) is 1. The van der Waals surface area contributed by atoms with Gasteiger partial charge in [0.05, 0.1) is 13.2 Å². The van der Waals surface area contributed by atoms with Gasteiger partial charge in [0, 0.05) is 0 Å². The second-order valence-electron chi connectivity index (χ2n) is 4.15. The molecule has 3 N–H and O–H groups in total. The van der Waals surface area contributed by atoms with Crippen LogP contribution < -0.4 is 5.73 Å².